The van der Waals surface area contributed by atoms with Crippen LogP contribution in [0.25, 0.3) is 0 Å². The zero-order valence-electron chi connectivity index (χ0n) is 27.1. The Balaban J connectivity index is 0.000000347. The summed E-state index contributed by atoms with van der Waals surface area (Å²) in [6, 6.07) is 16.3. The fourth-order valence-electron chi connectivity index (χ4n) is 5.32. The highest BCUT2D eigenvalue weighted by Crippen LogP contribution is 2.29. The number of rotatable bonds is 9. The van der Waals surface area contributed by atoms with Crippen LogP contribution in [-0.2, 0) is 20.8 Å². The number of hydrogen-bond acceptors (Lipinski definition) is 7. The fraction of sp³-hybridized carbons (Fsp3) is 0.500. The second-order valence-corrected chi connectivity index (χ2v) is 13.7. The molecule has 3 amide bonds. The molecule has 4 atom stereocenters. The lowest BCUT2D eigenvalue weighted by Gasteiger charge is -2.35. The van der Waals surface area contributed by atoms with Gasteiger partial charge in [-0.25, -0.2) is 0 Å². The Labute approximate surface area is 274 Å². The van der Waals surface area contributed by atoms with E-state index in [0.29, 0.717) is 6.54 Å². The molecule has 1 heterocycles. The molecule has 0 radical (unpaired) electrons. The molecule has 0 bridgehead atoms. The van der Waals surface area contributed by atoms with Crippen molar-refractivity contribution in [3.05, 3.63) is 72.3 Å². The Morgan fingerprint density at radius 1 is 1.18 bits per heavy atom. The fourth-order valence-corrected chi connectivity index (χ4v) is 6.44. The predicted octanol–water partition coefficient (Wildman–Crippen LogP) is 5.31. The molecule has 4 N–H and O–H groups in total. The van der Waals surface area contributed by atoms with E-state index in [2.05, 4.69) is 65.0 Å². The number of nitrogens with one attached hydrogen (secondary N) is 4. The molecule has 2 aromatic rings. The predicted molar refractivity (Wildman–Crippen MR) is 185 cm³/mol. The van der Waals surface area contributed by atoms with Crippen LogP contribution in [0.2, 0.25) is 0 Å². The topological polar surface area (TPSA) is 103 Å². The van der Waals surface area contributed by atoms with Gasteiger partial charge >= 0.3 is 0 Å². The van der Waals surface area contributed by atoms with Crippen molar-refractivity contribution < 1.29 is 14.4 Å². The first-order valence-electron chi connectivity index (χ1n) is 15.2. The molecule has 4 unspecified atom stereocenters. The molecule has 0 saturated carbocycles. The van der Waals surface area contributed by atoms with Gasteiger partial charge in [-0.05, 0) is 93.3 Å². The van der Waals surface area contributed by atoms with Gasteiger partial charge in [0.1, 0.15) is 6.04 Å². The molecule has 0 aromatic heterocycles. The first kappa shape index (κ1) is 37.4. The summed E-state index contributed by atoms with van der Waals surface area (Å²) in [5, 5.41) is 8.60. The van der Waals surface area contributed by atoms with Crippen LogP contribution in [0.3, 0.4) is 0 Å². The van der Waals surface area contributed by atoms with Gasteiger partial charge in [0.2, 0.25) is 18.2 Å². The SMILES string of the molecule is C=CC.CNCC(=O)NC(C(=O)N1CC(NSc2cccc(S)c2)CC1C)C(C)(C)C.O=CNC1CCCc2ccccc21. The standard InChI is InChI=1S/C20H32N4O2S2.C11H13NO.C3H6/c1-13-9-14(23-28-16-8-6-7-15(27)10-16)12-24(13)19(26)18(20(2,3)4)22-17(25)11-21-5;13-8-12-11-7-3-5-9-4-1-2-6-10(9)11;1-3-2/h6-8,10,13-14,18,21,23,27H,9,11-12H2,1-5H3,(H,22,25);1-2,4,6,8,11H,3,5,7H2,(H,12,13);3H,1H2,2H3. The van der Waals surface area contributed by atoms with Crippen molar-refractivity contribution in [2.75, 3.05) is 20.1 Å². The number of hydrogen-bond donors (Lipinski definition) is 5. The summed E-state index contributed by atoms with van der Waals surface area (Å²) in [6.07, 6.45) is 6.80. The summed E-state index contributed by atoms with van der Waals surface area (Å²) in [5.41, 5.74) is 2.31. The van der Waals surface area contributed by atoms with E-state index < -0.39 is 6.04 Å². The summed E-state index contributed by atoms with van der Waals surface area (Å²) >= 11 is 5.93. The molecule has 8 nitrogen and oxygen atoms in total. The number of aryl methyl sites for hydroxylation is 1. The van der Waals surface area contributed by atoms with Gasteiger partial charge < -0.3 is 20.9 Å². The van der Waals surface area contributed by atoms with Crippen LogP contribution in [0, 0.1) is 5.41 Å². The average molecular weight is 642 g/mol. The largest absolute Gasteiger partial charge is 0.352 e. The summed E-state index contributed by atoms with van der Waals surface area (Å²) in [6.45, 7) is 14.1. The first-order valence-corrected chi connectivity index (χ1v) is 16.5. The van der Waals surface area contributed by atoms with Gasteiger partial charge in [0.15, 0.2) is 0 Å². The van der Waals surface area contributed by atoms with Crippen molar-refractivity contribution in [1.29, 1.82) is 0 Å². The smallest absolute Gasteiger partial charge is 0.245 e. The highest BCUT2D eigenvalue weighted by atomic mass is 32.2. The van der Waals surface area contributed by atoms with E-state index in [1.807, 2.05) is 62.9 Å². The molecule has 2 aromatic carbocycles. The van der Waals surface area contributed by atoms with Gasteiger partial charge in [-0.1, -0.05) is 57.2 Å². The highest BCUT2D eigenvalue weighted by molar-refractivity contribution is 7.97. The molecule has 10 heteroatoms. The maximum absolute atomic E-state index is 13.3. The third kappa shape index (κ3) is 12.0. The van der Waals surface area contributed by atoms with Gasteiger partial charge in [0, 0.05) is 28.4 Å². The maximum Gasteiger partial charge on any atom is 0.245 e. The Morgan fingerprint density at radius 2 is 1.89 bits per heavy atom. The number of likely N-dealkylation sites (N-methyl/N-ethyl adjacent to an activating group) is 1. The summed E-state index contributed by atoms with van der Waals surface area (Å²) < 4.78 is 3.47. The number of thiol groups is 1. The van der Waals surface area contributed by atoms with Crippen LogP contribution >= 0.6 is 24.6 Å². The van der Waals surface area contributed by atoms with Crippen molar-refractivity contribution in [2.45, 2.75) is 94.3 Å². The lowest BCUT2D eigenvalue weighted by Crippen LogP contribution is -2.56. The molecule has 242 valence electrons. The van der Waals surface area contributed by atoms with E-state index in [9.17, 15) is 14.4 Å². The van der Waals surface area contributed by atoms with Crippen molar-refractivity contribution in [1.82, 2.24) is 25.6 Å². The average Bonchev–Trinajstić information content (AvgIpc) is 3.35. The van der Waals surface area contributed by atoms with Crippen molar-refractivity contribution in [3.63, 3.8) is 0 Å². The Hall–Kier alpha value is -2.79. The number of likely N-dealkylation sites (tertiary alicyclic amines) is 1. The Morgan fingerprint density at radius 3 is 2.52 bits per heavy atom. The zero-order chi connectivity index (χ0) is 32.7. The number of amides is 3. The maximum atomic E-state index is 13.3. The number of nitrogens with zero attached hydrogens (tertiary/aromatic N) is 1. The van der Waals surface area contributed by atoms with Crippen LogP contribution in [0.1, 0.15) is 71.0 Å². The minimum Gasteiger partial charge on any atom is -0.352 e. The molecule has 0 spiro atoms. The summed E-state index contributed by atoms with van der Waals surface area (Å²) in [4.78, 5) is 39.6. The van der Waals surface area contributed by atoms with E-state index in [0.717, 1.165) is 35.5 Å². The Kier molecular flexibility index (Phi) is 16.1. The molecule has 1 aliphatic heterocycles. The van der Waals surface area contributed by atoms with E-state index in [1.54, 1.807) is 25.1 Å². The first-order chi connectivity index (χ1) is 20.9. The van der Waals surface area contributed by atoms with Crippen LogP contribution in [0.5, 0.6) is 0 Å². The third-order valence-electron chi connectivity index (χ3n) is 7.41. The minimum absolute atomic E-state index is 0.0175. The van der Waals surface area contributed by atoms with Crippen molar-refractivity contribution in [3.8, 4) is 0 Å². The van der Waals surface area contributed by atoms with Crippen LogP contribution < -0.4 is 20.7 Å². The van der Waals surface area contributed by atoms with Gasteiger partial charge in [-0.2, -0.15) is 0 Å². The monoisotopic (exact) mass is 641 g/mol. The Bertz CT molecular complexity index is 1220. The normalized spacial score (nSPS) is 19.6. The number of allylic oxidation sites excluding steroid dienone is 1. The molecule has 2 aliphatic rings. The molecule has 1 fully saturated rings. The van der Waals surface area contributed by atoms with Crippen molar-refractivity contribution >= 4 is 42.8 Å². The quantitative estimate of drug-likeness (QED) is 0.110. The highest BCUT2D eigenvalue weighted by Gasteiger charge is 2.40. The molecule has 1 saturated heterocycles. The van der Waals surface area contributed by atoms with Crippen LogP contribution in [0.4, 0.5) is 0 Å². The van der Waals surface area contributed by atoms with Gasteiger partial charge in [-0.15, -0.1) is 19.2 Å². The second-order valence-electron chi connectivity index (χ2n) is 12.2. The van der Waals surface area contributed by atoms with Gasteiger partial charge in [0.25, 0.3) is 0 Å². The second kappa shape index (κ2) is 18.9. The number of benzene rings is 2. The number of carbonyl (C=O) groups excluding carboxylic acids is 3. The van der Waals surface area contributed by atoms with E-state index in [1.165, 1.54) is 17.5 Å². The van der Waals surface area contributed by atoms with Crippen LogP contribution in [-0.4, -0.2) is 61.4 Å². The van der Waals surface area contributed by atoms with Gasteiger partial charge in [0.05, 0.1) is 12.6 Å². The molecule has 44 heavy (non-hydrogen) atoms. The van der Waals surface area contributed by atoms with Crippen LogP contribution in [0.15, 0.2) is 71.0 Å². The van der Waals surface area contributed by atoms with Gasteiger partial charge in [-0.3, -0.25) is 19.1 Å². The molecular weight excluding hydrogens is 591 g/mol. The van der Waals surface area contributed by atoms with Crippen molar-refractivity contribution in [2.24, 2.45) is 5.41 Å². The lowest BCUT2D eigenvalue weighted by atomic mass is 9.85. The zero-order valence-corrected chi connectivity index (χ0v) is 28.8. The van der Waals surface area contributed by atoms with E-state index >= 15 is 0 Å². The van der Waals surface area contributed by atoms with E-state index in [4.69, 9.17) is 0 Å². The lowest BCUT2D eigenvalue weighted by molar-refractivity contribution is -0.139. The number of carbonyl (C=O) groups is 3. The molecule has 1 aliphatic carbocycles. The number of fused-ring (bicyclic) bond motifs is 1. The third-order valence-corrected chi connectivity index (χ3v) is 8.63. The summed E-state index contributed by atoms with van der Waals surface area (Å²) in [5.74, 6) is -0.185. The molecular formula is C34H51N5O3S2. The minimum atomic E-state index is -0.553. The van der Waals surface area contributed by atoms with E-state index in [-0.39, 0.29) is 41.9 Å². The molecule has 4 rings (SSSR count). The summed E-state index contributed by atoms with van der Waals surface area (Å²) in [7, 11) is 1.72.